The number of nitrogens with one attached hydrogen (secondary N) is 3. The van der Waals surface area contributed by atoms with Gasteiger partial charge in [-0.3, -0.25) is 19.1 Å². The summed E-state index contributed by atoms with van der Waals surface area (Å²) in [5, 5.41) is 5.67. The Kier molecular flexibility index (Phi) is 10.7. The van der Waals surface area contributed by atoms with Gasteiger partial charge in [0.2, 0.25) is 27.7 Å². The van der Waals surface area contributed by atoms with Crippen LogP contribution in [0.15, 0.2) is 36.4 Å². The molecule has 0 spiro atoms. The van der Waals surface area contributed by atoms with E-state index in [0.29, 0.717) is 67.3 Å². The molecule has 5 atom stereocenters. The molecule has 1 aromatic carbocycles. The van der Waals surface area contributed by atoms with Crippen LogP contribution in [0.2, 0.25) is 0 Å². The van der Waals surface area contributed by atoms with E-state index in [1.54, 1.807) is 19.2 Å². The fourth-order valence-corrected chi connectivity index (χ4v) is 8.88. The number of cyclic esters (lactones) is 1. The highest BCUT2D eigenvalue weighted by atomic mass is 32.2. The van der Waals surface area contributed by atoms with Gasteiger partial charge < -0.3 is 34.5 Å². The predicted molar refractivity (Wildman–Crippen MR) is 197 cm³/mol. The molecule has 5 aliphatic rings. The van der Waals surface area contributed by atoms with Gasteiger partial charge in [0.25, 0.3) is 5.91 Å². The Morgan fingerprint density at radius 2 is 1.83 bits per heavy atom. The van der Waals surface area contributed by atoms with E-state index >= 15 is 0 Å². The Morgan fingerprint density at radius 1 is 1.02 bits per heavy atom. The summed E-state index contributed by atoms with van der Waals surface area (Å²) in [5.74, 6) is -1.05. The molecular weight excluding hydrogens is 719 g/mol. The van der Waals surface area contributed by atoms with E-state index in [2.05, 4.69) is 20.3 Å². The minimum Gasteiger partial charge on any atom is -0.496 e. The van der Waals surface area contributed by atoms with Gasteiger partial charge in [0.05, 0.1) is 38.1 Å². The monoisotopic (exact) mass is 765 g/mol. The molecule has 3 aliphatic heterocycles. The maximum Gasteiger partial charge on any atom is 0.407 e. The van der Waals surface area contributed by atoms with Crippen molar-refractivity contribution < 1.29 is 46.5 Å². The van der Waals surface area contributed by atoms with Gasteiger partial charge in [0.1, 0.15) is 35.2 Å². The van der Waals surface area contributed by atoms with E-state index in [1.807, 2.05) is 30.4 Å². The van der Waals surface area contributed by atoms with Gasteiger partial charge in [0.15, 0.2) is 0 Å². The van der Waals surface area contributed by atoms with Gasteiger partial charge >= 0.3 is 6.09 Å². The molecule has 5 bridgehead atoms. The third-order valence-electron chi connectivity index (χ3n) is 10.8. The Hall–Kier alpha value is -4.86. The highest BCUT2D eigenvalue weighted by Crippen LogP contribution is 2.46. The van der Waals surface area contributed by atoms with Crippen molar-refractivity contribution in [3.63, 3.8) is 0 Å². The number of rotatable bonds is 5. The van der Waals surface area contributed by atoms with Crippen LogP contribution in [-0.4, -0.2) is 98.5 Å². The summed E-state index contributed by atoms with van der Waals surface area (Å²) in [6.07, 6.45) is 11.8. The summed E-state index contributed by atoms with van der Waals surface area (Å²) >= 11 is 0. The number of carbonyl (C=O) groups is 4. The third-order valence-corrected chi connectivity index (χ3v) is 12.6. The number of sulfonamides is 1. The maximum absolute atomic E-state index is 14.5. The van der Waals surface area contributed by atoms with E-state index in [1.165, 1.54) is 12.0 Å². The Balaban J connectivity index is 1.26. The van der Waals surface area contributed by atoms with Crippen molar-refractivity contribution in [2.75, 3.05) is 27.4 Å². The van der Waals surface area contributed by atoms with Crippen molar-refractivity contribution in [1.29, 1.82) is 0 Å². The second-order valence-corrected chi connectivity index (χ2v) is 16.6. The number of amides is 4. The van der Waals surface area contributed by atoms with Crippen LogP contribution in [0.5, 0.6) is 17.4 Å². The predicted octanol–water partition coefficient (Wildman–Crippen LogP) is 3.51. The van der Waals surface area contributed by atoms with E-state index in [-0.39, 0.29) is 31.9 Å². The van der Waals surface area contributed by atoms with Gasteiger partial charge in [-0.2, -0.15) is 0 Å². The fourth-order valence-electron chi connectivity index (χ4n) is 7.51. The fraction of sp³-hybridized carbons (Fsp3) is 0.553. The molecule has 54 heavy (non-hydrogen) atoms. The largest absolute Gasteiger partial charge is 0.496 e. The number of nitrogens with zero attached hydrogens (tertiary/aromatic N) is 2. The molecule has 0 unspecified atom stereocenters. The van der Waals surface area contributed by atoms with Crippen LogP contribution in [0, 0.1) is 5.92 Å². The van der Waals surface area contributed by atoms with E-state index in [9.17, 15) is 27.6 Å². The first kappa shape index (κ1) is 37.5. The van der Waals surface area contributed by atoms with Crippen LogP contribution in [0.4, 0.5) is 4.79 Å². The van der Waals surface area contributed by atoms with Crippen molar-refractivity contribution in [3.05, 3.63) is 42.0 Å². The van der Waals surface area contributed by atoms with Crippen molar-refractivity contribution in [2.45, 2.75) is 99.6 Å². The number of ether oxygens (including phenoxy) is 4. The molecule has 4 heterocycles. The number of carbonyl (C=O) groups excluding carboxylic acids is 4. The first-order valence-corrected chi connectivity index (χ1v) is 20.2. The number of hydrogen-bond donors (Lipinski definition) is 3. The van der Waals surface area contributed by atoms with E-state index in [4.69, 9.17) is 18.9 Å². The molecule has 4 amide bonds. The Bertz CT molecular complexity index is 1980. The molecule has 0 radical (unpaired) electrons. The summed E-state index contributed by atoms with van der Waals surface area (Å²) in [6, 6.07) is 3.22. The van der Waals surface area contributed by atoms with Gasteiger partial charge in [-0.1, -0.05) is 37.1 Å². The van der Waals surface area contributed by atoms with Crippen molar-refractivity contribution in [2.24, 2.45) is 5.92 Å². The summed E-state index contributed by atoms with van der Waals surface area (Å²) < 4.78 is 51.2. The molecule has 2 aromatic rings. The topological polar surface area (TPSA) is 192 Å². The Labute approximate surface area is 314 Å². The first-order chi connectivity index (χ1) is 26.0. The molecule has 1 aromatic heterocycles. The number of pyridine rings is 1. The van der Waals surface area contributed by atoms with E-state index in [0.717, 1.165) is 18.4 Å². The minimum absolute atomic E-state index is 0.0161. The first-order valence-electron chi connectivity index (χ1n) is 18.7. The zero-order valence-electron chi connectivity index (χ0n) is 30.5. The smallest absolute Gasteiger partial charge is 0.407 e. The second-order valence-electron chi connectivity index (χ2n) is 14.6. The van der Waals surface area contributed by atoms with Gasteiger partial charge in [-0.05, 0) is 57.4 Å². The lowest BCUT2D eigenvalue weighted by molar-refractivity contribution is -0.141. The number of aromatic nitrogens is 1. The number of allylic oxidation sites excluding steroid dienone is 2. The highest BCUT2D eigenvalue weighted by molar-refractivity contribution is 7.91. The summed E-state index contributed by atoms with van der Waals surface area (Å²) in [6.45, 7) is 0.107. The lowest BCUT2D eigenvalue weighted by Crippen LogP contribution is -2.58. The van der Waals surface area contributed by atoms with Gasteiger partial charge in [-0.25, -0.2) is 18.2 Å². The van der Waals surface area contributed by atoms with Gasteiger partial charge in [0, 0.05) is 35.4 Å². The molecule has 16 heteroatoms. The van der Waals surface area contributed by atoms with Crippen LogP contribution in [-0.2, 0) is 29.1 Å². The van der Waals surface area contributed by atoms with Crippen LogP contribution in [0.1, 0.15) is 76.2 Å². The van der Waals surface area contributed by atoms with Crippen LogP contribution < -0.4 is 29.6 Å². The van der Waals surface area contributed by atoms with Crippen molar-refractivity contribution in [3.8, 4) is 17.4 Å². The molecule has 2 aliphatic carbocycles. The zero-order valence-corrected chi connectivity index (χ0v) is 31.3. The SMILES string of the molecule is COc1cc2c3cc(c(OC)cc3n1)C=CCCCOC(=O)N[C@H]1CCCCCC=C[C@@H]3C[C@@]3(C(=O)NS(=O)(=O)C3CC3)NC(=O)[C@@H]3C[C@H](CN3C1=O)O2. The number of methoxy groups -OCH3 is 2. The minimum atomic E-state index is -3.89. The molecule has 15 nitrogen and oxygen atoms in total. The second kappa shape index (κ2) is 15.5. The van der Waals surface area contributed by atoms with Gasteiger partial charge in [-0.15, -0.1) is 0 Å². The van der Waals surface area contributed by atoms with Crippen molar-refractivity contribution >= 4 is 50.8 Å². The average molecular weight is 766 g/mol. The number of fused-ring (bicyclic) bond motifs is 4. The normalized spacial score (nSPS) is 28.0. The van der Waals surface area contributed by atoms with Crippen molar-refractivity contribution in [1.82, 2.24) is 25.2 Å². The molecule has 7 rings (SSSR count). The summed E-state index contributed by atoms with van der Waals surface area (Å²) in [7, 11) is -0.837. The third kappa shape index (κ3) is 7.98. The number of benzene rings is 1. The standard InChI is InChI=1S/C38H47N5O10S/c1-50-31-19-29-27-17-23(31)11-7-6-10-16-52-37(47)40-28-13-9-5-3-4-8-12-24-21-38(24,36(46)42-54(48,49)26-14-15-26)41-34(44)30-18-25(22-43(30)35(28)45)53-32(27)20-33(39-29)51-2/h7-8,11-12,17,19-20,24-26,28,30H,3-6,9-10,13-16,18,21-22H2,1-2H3,(H,40,47)(H,41,44)(H,42,46)/t24-,25-,28+,30+,38-/m1/s1. The van der Waals surface area contributed by atoms with Crippen LogP contribution >= 0.6 is 0 Å². The number of alkyl carbamates (subject to hydrolysis) is 1. The molecular formula is C38H47N5O10S. The molecule has 1 saturated heterocycles. The molecule has 2 saturated carbocycles. The molecule has 3 N–H and O–H groups in total. The Morgan fingerprint density at radius 3 is 2.61 bits per heavy atom. The lowest BCUT2D eigenvalue weighted by Gasteiger charge is -2.29. The lowest BCUT2D eigenvalue weighted by atomic mass is 10.0. The molecule has 290 valence electrons. The summed E-state index contributed by atoms with van der Waals surface area (Å²) in [4.78, 5) is 61.6. The van der Waals surface area contributed by atoms with E-state index < -0.39 is 68.7 Å². The zero-order chi connectivity index (χ0) is 38.0. The molecule has 3 fully saturated rings. The van der Waals surface area contributed by atoms with Crippen LogP contribution in [0.3, 0.4) is 0 Å². The quantitative estimate of drug-likeness (QED) is 0.378. The number of hydrogen-bond acceptors (Lipinski definition) is 11. The van der Waals surface area contributed by atoms with Crippen LogP contribution in [0.25, 0.3) is 17.0 Å². The summed E-state index contributed by atoms with van der Waals surface area (Å²) in [5.41, 5.74) is -0.194. The highest BCUT2D eigenvalue weighted by Gasteiger charge is 2.62. The average Bonchev–Trinajstić information content (AvgIpc) is 4.08. The maximum atomic E-state index is 14.5.